The Hall–Kier alpha value is -3.33. The zero-order valence-electron chi connectivity index (χ0n) is 16.2. The number of anilines is 1. The molecule has 3 heterocycles. The summed E-state index contributed by atoms with van der Waals surface area (Å²) in [5.74, 6) is 0.995. The van der Waals surface area contributed by atoms with Gasteiger partial charge in [0, 0.05) is 11.3 Å². The van der Waals surface area contributed by atoms with Gasteiger partial charge in [-0.25, -0.2) is 9.67 Å². The summed E-state index contributed by atoms with van der Waals surface area (Å²) >= 11 is 0. The zero-order chi connectivity index (χ0) is 21.5. The molecule has 0 aliphatic rings. The highest BCUT2D eigenvalue weighted by Gasteiger charge is 2.30. The molecule has 0 bridgehead atoms. The highest BCUT2D eigenvalue weighted by atomic mass is 19.4. The normalized spacial score (nSPS) is 13.0. The van der Waals surface area contributed by atoms with E-state index in [1.807, 2.05) is 19.1 Å². The molecule has 2 N–H and O–H groups in total. The quantitative estimate of drug-likeness (QED) is 0.457. The molecule has 0 amide bonds. The molecule has 4 rings (SSSR count). The number of nitrogens with one attached hydrogen (secondary N) is 1. The number of hydrogen-bond donors (Lipinski definition) is 2. The first kappa shape index (κ1) is 20.0. The van der Waals surface area contributed by atoms with Gasteiger partial charge in [-0.3, -0.25) is 0 Å². The molecule has 3 aromatic heterocycles. The molecular weight excluding hydrogens is 397 g/mol. The fourth-order valence-corrected chi connectivity index (χ4v) is 3.22. The standard InChI is InChI=1S/C21H19F3N4O2/c1-12-3-8-17-18(26-20(29)16-9-10-30-13(16)2)27-28(19(17)25-12)11-14-4-6-15(7-5-14)21(22,23)24/h3-10,20,29H,11H2,1-2H3,(H,26,27). The Bertz CT molecular complexity index is 1180. The number of nitrogens with zero attached hydrogens (tertiary/aromatic N) is 3. The van der Waals surface area contributed by atoms with Crippen molar-refractivity contribution in [3.8, 4) is 0 Å². The molecule has 0 fully saturated rings. The summed E-state index contributed by atoms with van der Waals surface area (Å²) in [5.41, 5.74) is 1.86. The van der Waals surface area contributed by atoms with Crippen LogP contribution in [0.5, 0.6) is 0 Å². The maximum atomic E-state index is 12.8. The maximum absolute atomic E-state index is 12.8. The molecule has 0 aliphatic carbocycles. The van der Waals surface area contributed by atoms with Gasteiger partial charge in [-0.15, -0.1) is 0 Å². The van der Waals surface area contributed by atoms with Crippen molar-refractivity contribution in [3.63, 3.8) is 0 Å². The van der Waals surface area contributed by atoms with Crippen molar-refractivity contribution in [2.45, 2.75) is 32.8 Å². The van der Waals surface area contributed by atoms with E-state index in [9.17, 15) is 18.3 Å². The molecule has 30 heavy (non-hydrogen) atoms. The number of halogens is 3. The van der Waals surface area contributed by atoms with Crippen LogP contribution >= 0.6 is 0 Å². The summed E-state index contributed by atoms with van der Waals surface area (Å²) in [5, 5.41) is 18.7. The van der Waals surface area contributed by atoms with Crippen molar-refractivity contribution in [1.29, 1.82) is 0 Å². The average Bonchev–Trinajstić information content (AvgIpc) is 3.25. The molecule has 1 aromatic carbocycles. The molecule has 1 atom stereocenters. The van der Waals surface area contributed by atoms with Gasteiger partial charge >= 0.3 is 6.18 Å². The first-order chi connectivity index (χ1) is 14.2. The Morgan fingerprint density at radius 1 is 1.10 bits per heavy atom. The van der Waals surface area contributed by atoms with Crippen LogP contribution in [0.1, 0.15) is 34.4 Å². The number of aliphatic hydroxyl groups excluding tert-OH is 1. The number of aliphatic hydroxyl groups is 1. The van der Waals surface area contributed by atoms with Crippen molar-refractivity contribution in [1.82, 2.24) is 14.8 Å². The Labute approximate surface area is 170 Å². The molecule has 0 saturated heterocycles. The fourth-order valence-electron chi connectivity index (χ4n) is 3.22. The van der Waals surface area contributed by atoms with Gasteiger partial charge in [-0.05, 0) is 49.7 Å². The molecule has 156 valence electrons. The monoisotopic (exact) mass is 416 g/mol. The lowest BCUT2D eigenvalue weighted by atomic mass is 10.1. The van der Waals surface area contributed by atoms with Crippen molar-refractivity contribution in [2.75, 3.05) is 5.32 Å². The van der Waals surface area contributed by atoms with E-state index in [0.29, 0.717) is 33.7 Å². The molecule has 0 radical (unpaired) electrons. The highest BCUT2D eigenvalue weighted by molar-refractivity contribution is 5.87. The number of hydrogen-bond acceptors (Lipinski definition) is 5. The molecule has 0 spiro atoms. The van der Waals surface area contributed by atoms with Gasteiger partial charge in [0.25, 0.3) is 0 Å². The van der Waals surface area contributed by atoms with Gasteiger partial charge in [0.05, 0.1) is 23.8 Å². The molecular formula is C21H19F3N4O2. The third-order valence-corrected chi connectivity index (χ3v) is 4.82. The Kier molecular flexibility index (Phi) is 4.98. The lowest BCUT2D eigenvalue weighted by Gasteiger charge is -2.11. The SMILES string of the molecule is Cc1ccc2c(NC(O)c3ccoc3C)nn(Cc3ccc(C(F)(F)F)cc3)c2n1. The summed E-state index contributed by atoms with van der Waals surface area (Å²) in [6, 6.07) is 10.3. The topological polar surface area (TPSA) is 76.1 Å². The number of furan rings is 1. The Morgan fingerprint density at radius 2 is 1.83 bits per heavy atom. The van der Waals surface area contributed by atoms with Crippen LogP contribution < -0.4 is 5.32 Å². The van der Waals surface area contributed by atoms with Crippen molar-refractivity contribution < 1.29 is 22.7 Å². The average molecular weight is 416 g/mol. The van der Waals surface area contributed by atoms with Gasteiger partial charge in [0.15, 0.2) is 17.7 Å². The molecule has 0 saturated carbocycles. The zero-order valence-corrected chi connectivity index (χ0v) is 16.2. The van der Waals surface area contributed by atoms with Crippen LogP contribution in [0.25, 0.3) is 11.0 Å². The first-order valence-electron chi connectivity index (χ1n) is 9.21. The number of benzene rings is 1. The van der Waals surface area contributed by atoms with Gasteiger partial charge in [0.1, 0.15) is 5.76 Å². The maximum Gasteiger partial charge on any atom is 0.416 e. The molecule has 0 aliphatic heterocycles. The first-order valence-corrected chi connectivity index (χ1v) is 9.21. The van der Waals surface area contributed by atoms with Crippen LogP contribution in [0.4, 0.5) is 19.0 Å². The van der Waals surface area contributed by atoms with Crippen LogP contribution in [-0.2, 0) is 12.7 Å². The minimum absolute atomic E-state index is 0.230. The smallest absolute Gasteiger partial charge is 0.416 e. The fraction of sp³-hybridized carbons (Fsp3) is 0.238. The van der Waals surface area contributed by atoms with E-state index < -0.39 is 18.0 Å². The predicted octanol–water partition coefficient (Wildman–Crippen LogP) is 4.81. The number of aromatic nitrogens is 3. The largest absolute Gasteiger partial charge is 0.469 e. The van der Waals surface area contributed by atoms with E-state index in [0.717, 1.165) is 17.8 Å². The second-order valence-electron chi connectivity index (χ2n) is 7.00. The highest BCUT2D eigenvalue weighted by Crippen LogP contribution is 2.30. The van der Waals surface area contributed by atoms with Crippen LogP contribution in [0.15, 0.2) is 53.1 Å². The van der Waals surface area contributed by atoms with Crippen LogP contribution in [-0.4, -0.2) is 19.9 Å². The van der Waals surface area contributed by atoms with Crippen molar-refractivity contribution >= 4 is 16.9 Å². The van der Waals surface area contributed by atoms with E-state index in [1.165, 1.54) is 18.4 Å². The number of aryl methyl sites for hydroxylation is 2. The minimum atomic E-state index is -4.38. The van der Waals surface area contributed by atoms with Crippen LogP contribution in [0, 0.1) is 13.8 Å². The van der Waals surface area contributed by atoms with Gasteiger partial charge in [-0.1, -0.05) is 12.1 Å². The molecule has 1 unspecified atom stereocenters. The van der Waals surface area contributed by atoms with Gasteiger partial charge < -0.3 is 14.8 Å². The Balaban J connectivity index is 1.66. The predicted molar refractivity (Wildman–Crippen MR) is 105 cm³/mol. The number of alkyl halides is 3. The van der Waals surface area contributed by atoms with Crippen LogP contribution in [0.2, 0.25) is 0 Å². The lowest BCUT2D eigenvalue weighted by Crippen LogP contribution is -2.11. The van der Waals surface area contributed by atoms with Gasteiger partial charge in [0.2, 0.25) is 0 Å². The lowest BCUT2D eigenvalue weighted by molar-refractivity contribution is -0.137. The van der Waals surface area contributed by atoms with Crippen LogP contribution in [0.3, 0.4) is 0 Å². The number of rotatable bonds is 5. The van der Waals surface area contributed by atoms with E-state index in [2.05, 4.69) is 15.4 Å². The van der Waals surface area contributed by atoms with E-state index in [4.69, 9.17) is 4.42 Å². The number of fused-ring (bicyclic) bond motifs is 1. The second-order valence-corrected chi connectivity index (χ2v) is 7.00. The third kappa shape index (κ3) is 3.88. The molecule has 9 heteroatoms. The van der Waals surface area contributed by atoms with Crippen molar-refractivity contribution in [2.24, 2.45) is 0 Å². The van der Waals surface area contributed by atoms with Gasteiger partial charge in [-0.2, -0.15) is 18.3 Å². The van der Waals surface area contributed by atoms with E-state index in [1.54, 1.807) is 17.7 Å². The molecule has 4 aromatic rings. The Morgan fingerprint density at radius 3 is 2.47 bits per heavy atom. The van der Waals surface area contributed by atoms with E-state index >= 15 is 0 Å². The minimum Gasteiger partial charge on any atom is -0.469 e. The summed E-state index contributed by atoms with van der Waals surface area (Å²) in [6.07, 6.45) is -3.93. The van der Waals surface area contributed by atoms with Crippen molar-refractivity contribution in [3.05, 3.63) is 76.9 Å². The molecule has 6 nitrogen and oxygen atoms in total. The summed E-state index contributed by atoms with van der Waals surface area (Å²) in [7, 11) is 0. The number of pyridine rings is 1. The summed E-state index contributed by atoms with van der Waals surface area (Å²) < 4.78 is 45.2. The summed E-state index contributed by atoms with van der Waals surface area (Å²) in [4.78, 5) is 4.52. The second kappa shape index (κ2) is 7.49. The third-order valence-electron chi connectivity index (χ3n) is 4.82. The van der Waals surface area contributed by atoms with E-state index in [-0.39, 0.29) is 6.54 Å². The summed E-state index contributed by atoms with van der Waals surface area (Å²) in [6.45, 7) is 3.81.